The lowest BCUT2D eigenvalue weighted by Crippen LogP contribution is -2.31. The first-order valence-electron chi connectivity index (χ1n) is 10.3. The van der Waals surface area contributed by atoms with Crippen LogP contribution in [0.1, 0.15) is 32.7 Å². The van der Waals surface area contributed by atoms with Crippen LogP contribution < -0.4 is 9.64 Å². The monoisotopic (exact) mass is 410 g/mol. The van der Waals surface area contributed by atoms with Gasteiger partial charge < -0.3 is 9.64 Å². The number of nitrogens with zero attached hydrogens (tertiary/aromatic N) is 2. The van der Waals surface area contributed by atoms with Crippen molar-refractivity contribution in [3.8, 4) is 5.75 Å². The molecular formula is C27H26N2O2. The van der Waals surface area contributed by atoms with Crippen molar-refractivity contribution in [2.24, 2.45) is 0 Å². The predicted octanol–water partition coefficient (Wildman–Crippen LogP) is 6.02. The van der Waals surface area contributed by atoms with E-state index in [1.54, 1.807) is 13.2 Å². The maximum Gasteiger partial charge on any atom is 0.258 e. The molecule has 0 radical (unpaired) electrons. The predicted molar refractivity (Wildman–Crippen MR) is 126 cm³/mol. The maximum absolute atomic E-state index is 13.6. The first kappa shape index (κ1) is 20.6. The van der Waals surface area contributed by atoms with Crippen molar-refractivity contribution in [3.63, 3.8) is 0 Å². The Labute approximate surface area is 183 Å². The lowest BCUT2D eigenvalue weighted by atomic mass is 10.1. The topological polar surface area (TPSA) is 42.4 Å². The number of ether oxygens (including phenoxy) is 1. The van der Waals surface area contributed by atoms with Crippen LogP contribution in [0.25, 0.3) is 10.9 Å². The number of methoxy groups -OCH3 is 1. The van der Waals surface area contributed by atoms with E-state index in [0.29, 0.717) is 17.9 Å². The second kappa shape index (κ2) is 8.60. The van der Waals surface area contributed by atoms with E-state index >= 15 is 0 Å². The highest BCUT2D eigenvalue weighted by Gasteiger charge is 2.21. The van der Waals surface area contributed by atoms with E-state index in [1.165, 1.54) is 5.56 Å². The lowest BCUT2D eigenvalue weighted by Gasteiger charge is -2.26. The van der Waals surface area contributed by atoms with E-state index in [9.17, 15) is 4.79 Å². The Balaban J connectivity index is 1.79. The van der Waals surface area contributed by atoms with Crippen molar-refractivity contribution in [1.29, 1.82) is 0 Å². The number of amides is 1. The molecule has 1 amide bonds. The highest BCUT2D eigenvalue weighted by molar-refractivity contribution is 6.06. The molecule has 4 nitrogen and oxygen atoms in total. The molecule has 31 heavy (non-hydrogen) atoms. The summed E-state index contributed by atoms with van der Waals surface area (Å²) in [6.45, 7) is 6.53. The quantitative estimate of drug-likeness (QED) is 0.404. The van der Waals surface area contributed by atoms with Crippen LogP contribution in [-0.2, 0) is 6.54 Å². The Morgan fingerprint density at radius 3 is 2.52 bits per heavy atom. The third kappa shape index (κ3) is 4.29. The average molecular weight is 411 g/mol. The standard InChI is InChI=1S/C27H26N2O2/c1-18-12-13-21-15-23(20(3)28-25(21)14-18)17-29(26-11-6-5-8-19(26)2)27(30)22-9-7-10-24(16-22)31-4/h5-16H,17H2,1-4H3. The van der Waals surface area contributed by atoms with Gasteiger partial charge in [0.25, 0.3) is 5.91 Å². The number of benzene rings is 3. The second-order valence-corrected chi connectivity index (χ2v) is 7.84. The third-order valence-electron chi connectivity index (χ3n) is 5.57. The van der Waals surface area contributed by atoms with Crippen molar-refractivity contribution in [3.05, 3.63) is 101 Å². The molecule has 0 aliphatic rings. The van der Waals surface area contributed by atoms with E-state index in [1.807, 2.05) is 61.2 Å². The number of anilines is 1. The Morgan fingerprint density at radius 1 is 0.935 bits per heavy atom. The number of rotatable bonds is 5. The molecule has 0 N–H and O–H groups in total. The van der Waals surface area contributed by atoms with Gasteiger partial charge in [0.1, 0.15) is 5.75 Å². The van der Waals surface area contributed by atoms with Crippen molar-refractivity contribution >= 4 is 22.5 Å². The summed E-state index contributed by atoms with van der Waals surface area (Å²) in [7, 11) is 1.61. The Bertz CT molecular complexity index is 1260. The minimum absolute atomic E-state index is 0.0726. The molecule has 3 aromatic carbocycles. The summed E-state index contributed by atoms with van der Waals surface area (Å²) in [5.74, 6) is 0.589. The van der Waals surface area contributed by atoms with E-state index in [2.05, 4.69) is 31.2 Å². The van der Waals surface area contributed by atoms with Crippen LogP contribution in [0, 0.1) is 20.8 Å². The molecule has 4 aromatic rings. The SMILES string of the molecule is COc1cccc(C(=O)N(Cc2cc3ccc(C)cc3nc2C)c2ccccc2C)c1. The summed E-state index contributed by atoms with van der Waals surface area (Å²) < 4.78 is 5.33. The van der Waals surface area contributed by atoms with Gasteiger partial charge >= 0.3 is 0 Å². The van der Waals surface area contributed by atoms with Crippen LogP contribution in [0.5, 0.6) is 5.75 Å². The minimum Gasteiger partial charge on any atom is -0.497 e. The zero-order chi connectivity index (χ0) is 22.0. The van der Waals surface area contributed by atoms with E-state index in [4.69, 9.17) is 9.72 Å². The normalized spacial score (nSPS) is 10.8. The van der Waals surface area contributed by atoms with Crippen molar-refractivity contribution < 1.29 is 9.53 Å². The fourth-order valence-electron chi connectivity index (χ4n) is 3.79. The molecule has 0 saturated carbocycles. The van der Waals surface area contributed by atoms with E-state index in [-0.39, 0.29) is 5.91 Å². The zero-order valence-electron chi connectivity index (χ0n) is 18.3. The second-order valence-electron chi connectivity index (χ2n) is 7.84. The first-order valence-corrected chi connectivity index (χ1v) is 10.3. The number of hydrogen-bond donors (Lipinski definition) is 0. The molecule has 4 rings (SSSR count). The zero-order valence-corrected chi connectivity index (χ0v) is 18.3. The maximum atomic E-state index is 13.6. The van der Waals surface area contributed by atoms with Gasteiger partial charge in [0.15, 0.2) is 0 Å². The molecule has 0 atom stereocenters. The molecule has 0 spiro atoms. The summed E-state index contributed by atoms with van der Waals surface area (Å²) in [4.78, 5) is 20.3. The van der Waals surface area contributed by atoms with Gasteiger partial charge in [-0.05, 0) is 73.9 Å². The molecule has 0 fully saturated rings. The number of carbonyl (C=O) groups excluding carboxylic acids is 1. The van der Waals surface area contributed by atoms with Crippen LogP contribution in [0.3, 0.4) is 0 Å². The highest BCUT2D eigenvalue weighted by atomic mass is 16.5. The Morgan fingerprint density at radius 2 is 1.74 bits per heavy atom. The van der Waals surface area contributed by atoms with Gasteiger partial charge in [-0.1, -0.05) is 36.4 Å². The van der Waals surface area contributed by atoms with Crippen LogP contribution in [-0.4, -0.2) is 18.0 Å². The van der Waals surface area contributed by atoms with Crippen LogP contribution >= 0.6 is 0 Å². The molecule has 0 aliphatic heterocycles. The van der Waals surface area contributed by atoms with Gasteiger partial charge in [0, 0.05) is 22.3 Å². The molecule has 1 heterocycles. The molecule has 0 bridgehead atoms. The molecule has 0 unspecified atom stereocenters. The van der Waals surface area contributed by atoms with Crippen molar-refractivity contribution in [1.82, 2.24) is 4.98 Å². The summed E-state index contributed by atoms with van der Waals surface area (Å²) in [6, 6.07) is 23.6. The summed E-state index contributed by atoms with van der Waals surface area (Å²) in [5, 5.41) is 1.07. The van der Waals surface area contributed by atoms with Gasteiger partial charge in [-0.25, -0.2) is 0 Å². The number of aryl methyl sites for hydroxylation is 3. The lowest BCUT2D eigenvalue weighted by molar-refractivity contribution is 0.0984. The Kier molecular flexibility index (Phi) is 5.72. The highest BCUT2D eigenvalue weighted by Crippen LogP contribution is 2.27. The molecule has 4 heteroatoms. The molecule has 0 saturated heterocycles. The fraction of sp³-hybridized carbons (Fsp3) is 0.185. The van der Waals surface area contributed by atoms with Gasteiger partial charge in [-0.2, -0.15) is 0 Å². The largest absolute Gasteiger partial charge is 0.497 e. The number of carbonyl (C=O) groups is 1. The van der Waals surface area contributed by atoms with Gasteiger partial charge in [0.2, 0.25) is 0 Å². The van der Waals surface area contributed by atoms with Crippen LogP contribution in [0.4, 0.5) is 5.69 Å². The van der Waals surface area contributed by atoms with Crippen molar-refractivity contribution in [2.45, 2.75) is 27.3 Å². The number of fused-ring (bicyclic) bond motifs is 1. The van der Waals surface area contributed by atoms with Gasteiger partial charge in [0.05, 0.1) is 19.2 Å². The van der Waals surface area contributed by atoms with Crippen LogP contribution in [0.2, 0.25) is 0 Å². The number of hydrogen-bond acceptors (Lipinski definition) is 3. The first-order chi connectivity index (χ1) is 15.0. The van der Waals surface area contributed by atoms with E-state index in [0.717, 1.165) is 33.4 Å². The van der Waals surface area contributed by atoms with Gasteiger partial charge in [-0.3, -0.25) is 9.78 Å². The Hall–Kier alpha value is -3.66. The van der Waals surface area contributed by atoms with Crippen molar-refractivity contribution in [2.75, 3.05) is 12.0 Å². The summed E-state index contributed by atoms with van der Waals surface area (Å²) >= 11 is 0. The number of para-hydroxylation sites is 1. The molecule has 156 valence electrons. The number of pyridine rings is 1. The average Bonchev–Trinajstić information content (AvgIpc) is 2.78. The molecular weight excluding hydrogens is 384 g/mol. The summed E-state index contributed by atoms with van der Waals surface area (Å²) in [5.41, 5.74) is 6.62. The fourth-order valence-corrected chi connectivity index (χ4v) is 3.79. The third-order valence-corrected chi connectivity index (χ3v) is 5.57. The van der Waals surface area contributed by atoms with Crippen LogP contribution in [0.15, 0.2) is 72.8 Å². The smallest absolute Gasteiger partial charge is 0.258 e. The minimum atomic E-state index is -0.0726. The summed E-state index contributed by atoms with van der Waals surface area (Å²) in [6.07, 6.45) is 0. The number of aromatic nitrogens is 1. The van der Waals surface area contributed by atoms with Gasteiger partial charge in [-0.15, -0.1) is 0 Å². The molecule has 1 aromatic heterocycles. The molecule has 0 aliphatic carbocycles. The van der Waals surface area contributed by atoms with E-state index < -0.39 is 0 Å².